The first kappa shape index (κ1) is 23.8. The van der Waals surface area contributed by atoms with Crippen LogP contribution in [0.1, 0.15) is 42.0 Å². The summed E-state index contributed by atoms with van der Waals surface area (Å²) in [5, 5.41) is 0.778. The zero-order valence-corrected chi connectivity index (χ0v) is 20.1. The minimum atomic E-state index is -3.29. The van der Waals surface area contributed by atoms with E-state index in [0.717, 1.165) is 47.0 Å². The summed E-state index contributed by atoms with van der Waals surface area (Å²) < 4.78 is 36.3. The number of ether oxygens (including phenoxy) is 2. The predicted octanol–water partition coefficient (Wildman–Crippen LogP) is 2.94. The first-order valence-corrected chi connectivity index (χ1v) is 13.0. The minimum absolute atomic E-state index is 0.246. The highest BCUT2D eigenvalue weighted by molar-refractivity contribution is 7.90. The number of fused-ring (bicyclic) bond motifs is 3. The van der Waals surface area contributed by atoms with Crippen LogP contribution in [0.15, 0.2) is 47.4 Å². The van der Waals surface area contributed by atoms with E-state index in [1.807, 2.05) is 12.1 Å². The Balaban J connectivity index is 1.87. The Bertz CT molecular complexity index is 1340. The fourth-order valence-electron chi connectivity index (χ4n) is 4.69. The number of benzene rings is 2. The van der Waals surface area contributed by atoms with Crippen molar-refractivity contribution in [1.29, 1.82) is 0 Å². The molecule has 0 aliphatic heterocycles. The van der Waals surface area contributed by atoms with Gasteiger partial charge in [-0.3, -0.25) is 4.79 Å². The van der Waals surface area contributed by atoms with Gasteiger partial charge in [0.2, 0.25) is 5.91 Å². The molecule has 3 aromatic rings. The number of amides is 1. The van der Waals surface area contributed by atoms with Crippen LogP contribution in [0.25, 0.3) is 10.9 Å². The van der Waals surface area contributed by atoms with E-state index < -0.39 is 21.7 Å². The Labute approximate surface area is 198 Å². The molecule has 2 N–H and O–H groups in total. The van der Waals surface area contributed by atoms with Gasteiger partial charge in [-0.05, 0) is 54.7 Å². The van der Waals surface area contributed by atoms with Crippen molar-refractivity contribution in [2.24, 2.45) is 5.73 Å². The zero-order valence-electron chi connectivity index (χ0n) is 19.2. The third kappa shape index (κ3) is 4.65. The monoisotopic (exact) mass is 484 g/mol. The van der Waals surface area contributed by atoms with E-state index in [4.69, 9.17) is 15.2 Å². The summed E-state index contributed by atoms with van der Waals surface area (Å²) in [6.45, 7) is 0.242. The maximum Gasteiger partial charge on any atom is 0.343 e. The molecule has 4 rings (SSSR count). The standard InChI is InChI=1S/C25H28N2O6S/c1-32-22(28)15-33-21-9-5-8-20-24(21)23-18(25(26)29)6-3-4-7-19(23)27(20)14-16-10-12-17(13-11-16)34(2,30)31/h5,8-13,18H,3-4,6-7,14-15H2,1-2H3,(H2,26,29). The molecule has 1 aromatic heterocycles. The van der Waals surface area contributed by atoms with E-state index in [0.29, 0.717) is 18.7 Å². The van der Waals surface area contributed by atoms with Crippen LogP contribution in [-0.4, -0.2) is 44.8 Å². The van der Waals surface area contributed by atoms with Crippen molar-refractivity contribution in [2.45, 2.75) is 43.0 Å². The Kier molecular flexibility index (Phi) is 6.65. The summed E-state index contributed by atoms with van der Waals surface area (Å²) in [5.74, 6) is -0.849. The van der Waals surface area contributed by atoms with Gasteiger partial charge in [-0.1, -0.05) is 24.6 Å². The van der Waals surface area contributed by atoms with E-state index >= 15 is 0 Å². The van der Waals surface area contributed by atoms with Crippen LogP contribution >= 0.6 is 0 Å². The van der Waals surface area contributed by atoms with E-state index in [9.17, 15) is 18.0 Å². The van der Waals surface area contributed by atoms with Crippen LogP contribution in [0.2, 0.25) is 0 Å². The van der Waals surface area contributed by atoms with E-state index in [2.05, 4.69) is 4.57 Å². The highest BCUT2D eigenvalue weighted by Gasteiger charge is 2.31. The predicted molar refractivity (Wildman–Crippen MR) is 128 cm³/mol. The molecule has 1 amide bonds. The number of aromatic nitrogens is 1. The highest BCUT2D eigenvalue weighted by Crippen LogP contribution is 2.42. The lowest BCUT2D eigenvalue weighted by atomic mass is 9.92. The Morgan fingerprint density at radius 1 is 1.12 bits per heavy atom. The first-order valence-electron chi connectivity index (χ1n) is 11.1. The Hall–Kier alpha value is -3.33. The summed E-state index contributed by atoms with van der Waals surface area (Å²) in [4.78, 5) is 24.5. The van der Waals surface area contributed by atoms with Crippen molar-refractivity contribution in [3.8, 4) is 5.75 Å². The second-order valence-electron chi connectivity index (χ2n) is 8.58. The minimum Gasteiger partial charge on any atom is -0.481 e. The maximum absolute atomic E-state index is 12.5. The van der Waals surface area contributed by atoms with Gasteiger partial charge >= 0.3 is 5.97 Å². The van der Waals surface area contributed by atoms with Gasteiger partial charge in [-0.25, -0.2) is 13.2 Å². The lowest BCUT2D eigenvalue weighted by molar-refractivity contribution is -0.142. The molecule has 0 saturated heterocycles. The van der Waals surface area contributed by atoms with E-state index in [-0.39, 0.29) is 17.4 Å². The van der Waals surface area contributed by atoms with Crippen molar-refractivity contribution in [2.75, 3.05) is 20.0 Å². The zero-order chi connectivity index (χ0) is 24.5. The summed E-state index contributed by atoms with van der Waals surface area (Å²) in [6, 6.07) is 12.4. The molecular weight excluding hydrogens is 456 g/mol. The molecule has 1 heterocycles. The van der Waals surface area contributed by atoms with Crippen LogP contribution in [0.4, 0.5) is 0 Å². The number of carbonyl (C=O) groups excluding carboxylic acids is 2. The number of nitrogens with two attached hydrogens (primary N) is 1. The lowest BCUT2D eigenvalue weighted by Crippen LogP contribution is -2.21. The second kappa shape index (κ2) is 9.50. The number of methoxy groups -OCH3 is 1. The summed E-state index contributed by atoms with van der Waals surface area (Å²) in [6.07, 6.45) is 4.39. The smallest absolute Gasteiger partial charge is 0.343 e. The van der Waals surface area contributed by atoms with Gasteiger partial charge in [0.25, 0.3) is 0 Å². The van der Waals surface area contributed by atoms with Crippen molar-refractivity contribution < 1.29 is 27.5 Å². The van der Waals surface area contributed by atoms with Crippen LogP contribution in [-0.2, 0) is 37.1 Å². The molecule has 2 aromatic carbocycles. The number of carbonyl (C=O) groups is 2. The van der Waals surface area contributed by atoms with Gasteiger partial charge in [-0.15, -0.1) is 0 Å². The molecule has 0 spiro atoms. The van der Waals surface area contributed by atoms with Gasteiger partial charge in [0.05, 0.1) is 23.4 Å². The number of esters is 1. The van der Waals surface area contributed by atoms with Crippen LogP contribution < -0.4 is 10.5 Å². The highest BCUT2D eigenvalue weighted by atomic mass is 32.2. The number of sulfone groups is 1. The first-order chi connectivity index (χ1) is 16.2. The number of hydrogen-bond acceptors (Lipinski definition) is 6. The largest absolute Gasteiger partial charge is 0.481 e. The normalized spacial score (nSPS) is 16.0. The quantitative estimate of drug-likeness (QED) is 0.407. The molecular formula is C25H28N2O6S. The molecule has 0 bridgehead atoms. The lowest BCUT2D eigenvalue weighted by Gasteiger charge is -2.14. The maximum atomic E-state index is 12.5. The number of hydrogen-bond donors (Lipinski definition) is 1. The van der Waals surface area contributed by atoms with Gasteiger partial charge in [0, 0.05) is 23.9 Å². The SMILES string of the molecule is COC(=O)COc1cccc2c1c1c(n2Cc2ccc(S(C)(=O)=O)cc2)CCCCC1C(N)=O. The molecule has 1 aliphatic carbocycles. The fourth-order valence-corrected chi connectivity index (χ4v) is 5.32. The van der Waals surface area contributed by atoms with E-state index in [1.165, 1.54) is 13.4 Å². The second-order valence-corrected chi connectivity index (χ2v) is 10.6. The number of primary amides is 1. The molecule has 1 aliphatic rings. The van der Waals surface area contributed by atoms with Crippen LogP contribution in [0.3, 0.4) is 0 Å². The van der Waals surface area contributed by atoms with Crippen molar-refractivity contribution in [3.05, 3.63) is 59.3 Å². The number of nitrogens with zero attached hydrogens (tertiary/aromatic N) is 1. The average molecular weight is 485 g/mol. The molecule has 0 radical (unpaired) electrons. The van der Waals surface area contributed by atoms with Crippen LogP contribution in [0.5, 0.6) is 5.75 Å². The third-order valence-electron chi connectivity index (χ3n) is 6.31. The van der Waals surface area contributed by atoms with Crippen molar-refractivity contribution >= 4 is 32.6 Å². The van der Waals surface area contributed by atoms with Gasteiger partial charge < -0.3 is 19.8 Å². The summed E-state index contributed by atoms with van der Waals surface area (Å²) in [7, 11) is -1.99. The topological polar surface area (TPSA) is 118 Å². The molecule has 0 fully saturated rings. The molecule has 1 atom stereocenters. The average Bonchev–Trinajstić information content (AvgIpc) is 2.95. The fraction of sp³-hybridized carbons (Fsp3) is 0.360. The van der Waals surface area contributed by atoms with Crippen LogP contribution in [0, 0.1) is 0 Å². The van der Waals surface area contributed by atoms with Gasteiger partial charge in [-0.2, -0.15) is 0 Å². The van der Waals surface area contributed by atoms with Crippen molar-refractivity contribution in [3.63, 3.8) is 0 Å². The van der Waals surface area contributed by atoms with Gasteiger partial charge in [0.15, 0.2) is 16.4 Å². The third-order valence-corrected chi connectivity index (χ3v) is 7.44. The van der Waals surface area contributed by atoms with Gasteiger partial charge in [0.1, 0.15) is 5.75 Å². The molecule has 34 heavy (non-hydrogen) atoms. The van der Waals surface area contributed by atoms with Crippen molar-refractivity contribution in [1.82, 2.24) is 4.57 Å². The van der Waals surface area contributed by atoms with E-state index in [1.54, 1.807) is 30.3 Å². The Morgan fingerprint density at radius 2 is 1.85 bits per heavy atom. The Morgan fingerprint density at radius 3 is 2.50 bits per heavy atom. The molecule has 1 unspecified atom stereocenters. The molecule has 9 heteroatoms. The summed E-state index contributed by atoms with van der Waals surface area (Å²) >= 11 is 0. The molecule has 0 saturated carbocycles. The number of rotatable bonds is 7. The summed E-state index contributed by atoms with van der Waals surface area (Å²) in [5.41, 5.74) is 9.49. The molecule has 180 valence electrons. The molecule has 8 nitrogen and oxygen atoms in total.